The van der Waals surface area contributed by atoms with Crippen LogP contribution in [0, 0.1) is 18.2 Å². The maximum atomic E-state index is 14.1. The Balaban J connectivity index is 1.90. The molecule has 0 spiro atoms. The second-order valence-corrected chi connectivity index (χ2v) is 7.28. The van der Waals surface area contributed by atoms with Gasteiger partial charge in [-0.2, -0.15) is 0 Å². The lowest BCUT2D eigenvalue weighted by atomic mass is 10.1. The minimum Gasteiger partial charge on any atom is -0.490 e. The van der Waals surface area contributed by atoms with Crippen molar-refractivity contribution in [3.8, 4) is 23.8 Å². The molecule has 1 aliphatic rings. The number of ether oxygens (including phenoxy) is 2. The van der Waals surface area contributed by atoms with E-state index in [1.54, 1.807) is 36.4 Å². The van der Waals surface area contributed by atoms with E-state index in [9.17, 15) is 9.18 Å². The fourth-order valence-electron chi connectivity index (χ4n) is 2.58. The SMILES string of the molecule is C#CCOc1ccc(C=C2SC(=S)N(c3ccccc3F)C2=O)cc1OCC. The van der Waals surface area contributed by atoms with Gasteiger partial charge in [0.15, 0.2) is 15.8 Å². The number of carbonyl (C=O) groups is 1. The normalized spacial score (nSPS) is 15.0. The van der Waals surface area contributed by atoms with Crippen molar-refractivity contribution in [1.82, 2.24) is 0 Å². The largest absolute Gasteiger partial charge is 0.490 e. The zero-order chi connectivity index (χ0) is 20.1. The summed E-state index contributed by atoms with van der Waals surface area (Å²) in [5, 5.41) is 0. The van der Waals surface area contributed by atoms with E-state index >= 15 is 0 Å². The van der Waals surface area contributed by atoms with E-state index in [2.05, 4.69) is 5.92 Å². The summed E-state index contributed by atoms with van der Waals surface area (Å²) in [5.41, 5.74) is 0.868. The molecule has 1 fully saturated rings. The number of terminal acetylenes is 1. The van der Waals surface area contributed by atoms with Crippen LogP contribution < -0.4 is 14.4 Å². The van der Waals surface area contributed by atoms with E-state index < -0.39 is 5.82 Å². The van der Waals surface area contributed by atoms with Crippen LogP contribution in [0.15, 0.2) is 47.4 Å². The summed E-state index contributed by atoms with van der Waals surface area (Å²) in [4.78, 5) is 14.4. The number of nitrogens with zero attached hydrogens (tertiary/aromatic N) is 1. The molecule has 0 atom stereocenters. The number of hydrogen-bond donors (Lipinski definition) is 0. The molecule has 3 rings (SSSR count). The highest BCUT2D eigenvalue weighted by molar-refractivity contribution is 8.27. The topological polar surface area (TPSA) is 38.8 Å². The number of halogens is 1. The molecule has 2 aromatic carbocycles. The van der Waals surface area contributed by atoms with E-state index in [1.807, 2.05) is 6.92 Å². The molecule has 0 bridgehead atoms. The summed E-state index contributed by atoms with van der Waals surface area (Å²) < 4.78 is 25.4. The van der Waals surface area contributed by atoms with E-state index in [0.717, 1.165) is 17.3 Å². The number of thiocarbonyl (C=S) groups is 1. The number of amides is 1. The van der Waals surface area contributed by atoms with Crippen molar-refractivity contribution in [2.75, 3.05) is 18.1 Å². The Kier molecular flexibility index (Phi) is 6.34. The van der Waals surface area contributed by atoms with Crippen molar-refractivity contribution < 1.29 is 18.7 Å². The molecule has 1 heterocycles. The third-order valence-electron chi connectivity index (χ3n) is 3.76. The quantitative estimate of drug-likeness (QED) is 0.392. The van der Waals surface area contributed by atoms with Crippen LogP contribution >= 0.6 is 24.0 Å². The predicted molar refractivity (Wildman–Crippen MR) is 114 cm³/mol. The number of benzene rings is 2. The lowest BCUT2D eigenvalue weighted by Gasteiger charge is -2.15. The Bertz CT molecular complexity index is 997. The van der Waals surface area contributed by atoms with Crippen molar-refractivity contribution in [2.45, 2.75) is 6.92 Å². The van der Waals surface area contributed by atoms with Gasteiger partial charge in [0.2, 0.25) is 0 Å². The Labute approximate surface area is 172 Å². The average Bonchev–Trinajstić information content (AvgIpc) is 2.95. The molecule has 1 saturated heterocycles. The predicted octanol–water partition coefficient (Wildman–Crippen LogP) is 4.64. The van der Waals surface area contributed by atoms with Gasteiger partial charge in [-0.25, -0.2) is 4.39 Å². The summed E-state index contributed by atoms with van der Waals surface area (Å²) in [6, 6.07) is 11.3. The fourth-order valence-corrected chi connectivity index (χ4v) is 3.87. The third-order valence-corrected chi connectivity index (χ3v) is 5.07. The van der Waals surface area contributed by atoms with E-state index in [0.29, 0.717) is 23.0 Å². The number of para-hydroxylation sites is 1. The molecule has 2 aromatic rings. The van der Waals surface area contributed by atoms with Crippen molar-refractivity contribution >= 4 is 46.0 Å². The molecule has 0 radical (unpaired) electrons. The lowest BCUT2D eigenvalue weighted by molar-refractivity contribution is -0.113. The zero-order valence-electron chi connectivity index (χ0n) is 15.0. The lowest BCUT2D eigenvalue weighted by Crippen LogP contribution is -2.28. The number of rotatable bonds is 6. The van der Waals surface area contributed by atoms with Crippen molar-refractivity contribution in [1.29, 1.82) is 0 Å². The van der Waals surface area contributed by atoms with Crippen LogP contribution in [0.4, 0.5) is 10.1 Å². The first kappa shape index (κ1) is 19.9. The Morgan fingerprint density at radius 1 is 1.25 bits per heavy atom. The first-order chi connectivity index (χ1) is 13.5. The number of thioether (sulfide) groups is 1. The molecule has 1 aliphatic heterocycles. The highest BCUT2D eigenvalue weighted by Crippen LogP contribution is 2.38. The summed E-state index contributed by atoms with van der Waals surface area (Å²) in [5.74, 6) is 2.58. The molecule has 0 N–H and O–H groups in total. The minimum atomic E-state index is -0.506. The number of carbonyl (C=O) groups excluding carboxylic acids is 1. The third kappa shape index (κ3) is 4.19. The van der Waals surface area contributed by atoms with Gasteiger partial charge < -0.3 is 9.47 Å². The van der Waals surface area contributed by atoms with Crippen LogP contribution in [-0.4, -0.2) is 23.4 Å². The molecule has 4 nitrogen and oxygen atoms in total. The molecule has 0 saturated carbocycles. The fraction of sp³-hybridized carbons (Fsp3) is 0.143. The van der Waals surface area contributed by atoms with Gasteiger partial charge in [0, 0.05) is 0 Å². The van der Waals surface area contributed by atoms with Crippen molar-refractivity contribution in [2.24, 2.45) is 0 Å². The summed E-state index contributed by atoms with van der Waals surface area (Å²) in [6.45, 7) is 2.43. The number of hydrogen-bond acceptors (Lipinski definition) is 5. The first-order valence-corrected chi connectivity index (χ1v) is 9.63. The molecule has 0 aliphatic carbocycles. The zero-order valence-corrected chi connectivity index (χ0v) is 16.6. The van der Waals surface area contributed by atoms with Gasteiger partial charge in [-0.3, -0.25) is 9.69 Å². The van der Waals surface area contributed by atoms with Crippen LogP contribution in [0.5, 0.6) is 11.5 Å². The molecule has 7 heteroatoms. The minimum absolute atomic E-state index is 0.126. The Morgan fingerprint density at radius 3 is 2.75 bits per heavy atom. The standard InChI is InChI=1S/C21H16FNO3S2/c1-3-11-26-17-10-9-14(12-18(17)25-4-2)13-19-20(24)23(21(27)28-19)16-8-6-5-7-15(16)22/h1,5-10,12-13H,4,11H2,2H3. The van der Waals surface area contributed by atoms with Gasteiger partial charge in [-0.1, -0.05) is 48.1 Å². The van der Waals surface area contributed by atoms with E-state index in [1.165, 1.54) is 17.0 Å². The maximum Gasteiger partial charge on any atom is 0.270 e. The molecule has 0 aromatic heterocycles. The van der Waals surface area contributed by atoms with Crippen LogP contribution in [0.25, 0.3) is 6.08 Å². The van der Waals surface area contributed by atoms with E-state index in [-0.39, 0.29) is 22.5 Å². The summed E-state index contributed by atoms with van der Waals surface area (Å²) in [6.07, 6.45) is 6.92. The van der Waals surface area contributed by atoms with Crippen molar-refractivity contribution in [3.05, 3.63) is 58.8 Å². The van der Waals surface area contributed by atoms with Gasteiger partial charge >= 0.3 is 0 Å². The average molecular weight is 413 g/mol. The molecule has 0 unspecified atom stereocenters. The van der Waals surface area contributed by atoms with Crippen LogP contribution in [0.1, 0.15) is 12.5 Å². The second-order valence-electron chi connectivity index (χ2n) is 5.60. The van der Waals surface area contributed by atoms with E-state index in [4.69, 9.17) is 28.1 Å². The summed E-state index contributed by atoms with van der Waals surface area (Å²) >= 11 is 6.41. The molecular weight excluding hydrogens is 397 g/mol. The highest BCUT2D eigenvalue weighted by Gasteiger charge is 2.34. The number of anilines is 1. The second kappa shape index (κ2) is 8.91. The molecular formula is C21H16FNO3S2. The summed E-state index contributed by atoms with van der Waals surface area (Å²) in [7, 11) is 0. The van der Waals surface area contributed by atoms with Crippen LogP contribution in [-0.2, 0) is 4.79 Å². The van der Waals surface area contributed by atoms with Gasteiger partial charge in [-0.05, 0) is 42.8 Å². The Morgan fingerprint density at radius 2 is 2.04 bits per heavy atom. The van der Waals surface area contributed by atoms with Gasteiger partial charge in [0.05, 0.1) is 17.2 Å². The highest BCUT2D eigenvalue weighted by atomic mass is 32.2. The smallest absolute Gasteiger partial charge is 0.270 e. The van der Waals surface area contributed by atoms with Crippen molar-refractivity contribution in [3.63, 3.8) is 0 Å². The maximum absolute atomic E-state index is 14.1. The van der Waals surface area contributed by atoms with Gasteiger partial charge in [0.1, 0.15) is 12.4 Å². The molecule has 1 amide bonds. The molecule has 142 valence electrons. The van der Waals surface area contributed by atoms with Gasteiger partial charge in [-0.15, -0.1) is 6.42 Å². The first-order valence-electron chi connectivity index (χ1n) is 8.40. The van der Waals surface area contributed by atoms with Crippen LogP contribution in [0.2, 0.25) is 0 Å². The van der Waals surface area contributed by atoms with Crippen LogP contribution in [0.3, 0.4) is 0 Å². The monoisotopic (exact) mass is 413 g/mol. The van der Waals surface area contributed by atoms with Gasteiger partial charge in [0.25, 0.3) is 5.91 Å². The molecule has 28 heavy (non-hydrogen) atoms. The Hall–Kier alpha value is -2.82.